The molecule has 1 aliphatic heterocycles. The summed E-state index contributed by atoms with van der Waals surface area (Å²) in [5.41, 5.74) is 1.77. The van der Waals surface area contributed by atoms with Gasteiger partial charge < -0.3 is 15.0 Å². The van der Waals surface area contributed by atoms with E-state index < -0.39 is 0 Å². The highest BCUT2D eigenvalue weighted by Gasteiger charge is 2.28. The van der Waals surface area contributed by atoms with E-state index >= 15 is 0 Å². The predicted octanol–water partition coefficient (Wildman–Crippen LogP) is 0.463. The maximum atomic E-state index is 12.5. The Kier molecular flexibility index (Phi) is 3.10. The summed E-state index contributed by atoms with van der Waals surface area (Å²) in [6.45, 7) is 0.670. The summed E-state index contributed by atoms with van der Waals surface area (Å²) >= 11 is 0. The van der Waals surface area contributed by atoms with E-state index in [1.54, 1.807) is 30.1 Å². The number of amides is 1. The lowest BCUT2D eigenvalue weighted by Crippen LogP contribution is -2.37. The highest BCUT2D eigenvalue weighted by molar-refractivity contribution is 5.97. The molecule has 0 aliphatic carbocycles. The van der Waals surface area contributed by atoms with Gasteiger partial charge in [0, 0.05) is 19.2 Å². The molecule has 2 aromatic rings. The van der Waals surface area contributed by atoms with Crippen LogP contribution in [0.2, 0.25) is 0 Å². The van der Waals surface area contributed by atoms with Gasteiger partial charge in [0.2, 0.25) is 0 Å². The summed E-state index contributed by atoms with van der Waals surface area (Å²) < 4.78 is 1.51. The standard InChI is InChI=1S/C14H17N3O3/c1-16-12-5-4-9(7-11(12)15-14(16)20)13(19)17-6-2-3-10(17)8-18/h4-5,7,10,18H,2-3,6,8H2,1H3,(H,15,20)/t10-/m1/s1. The summed E-state index contributed by atoms with van der Waals surface area (Å²) in [5.74, 6) is -0.0897. The molecule has 1 aromatic heterocycles. The van der Waals surface area contributed by atoms with E-state index in [-0.39, 0.29) is 24.2 Å². The smallest absolute Gasteiger partial charge is 0.326 e. The molecule has 2 heterocycles. The van der Waals surface area contributed by atoms with Crippen LogP contribution in [0.4, 0.5) is 0 Å². The minimum absolute atomic E-state index is 0.00382. The zero-order valence-electron chi connectivity index (χ0n) is 11.3. The predicted molar refractivity (Wildman–Crippen MR) is 74.7 cm³/mol. The Bertz CT molecular complexity index is 716. The van der Waals surface area contributed by atoms with Crippen molar-refractivity contribution in [2.45, 2.75) is 18.9 Å². The summed E-state index contributed by atoms with van der Waals surface area (Å²) in [6, 6.07) is 5.11. The number of hydrogen-bond donors (Lipinski definition) is 2. The van der Waals surface area contributed by atoms with E-state index in [9.17, 15) is 14.7 Å². The fourth-order valence-corrected chi connectivity index (χ4v) is 2.83. The number of nitrogens with one attached hydrogen (secondary N) is 1. The van der Waals surface area contributed by atoms with Gasteiger partial charge >= 0.3 is 5.69 Å². The topological polar surface area (TPSA) is 78.3 Å². The van der Waals surface area contributed by atoms with Crippen molar-refractivity contribution in [1.82, 2.24) is 14.5 Å². The molecule has 0 bridgehead atoms. The maximum absolute atomic E-state index is 12.5. The normalized spacial score (nSPS) is 18.9. The highest BCUT2D eigenvalue weighted by Crippen LogP contribution is 2.21. The number of imidazole rings is 1. The van der Waals surface area contributed by atoms with E-state index in [0.29, 0.717) is 17.6 Å². The van der Waals surface area contributed by atoms with Gasteiger partial charge in [-0.2, -0.15) is 0 Å². The average Bonchev–Trinajstić information content (AvgIpc) is 3.03. The number of aromatic amines is 1. The molecule has 1 fully saturated rings. The Balaban J connectivity index is 1.98. The van der Waals surface area contributed by atoms with Gasteiger partial charge in [0.1, 0.15) is 0 Å². The highest BCUT2D eigenvalue weighted by atomic mass is 16.3. The first-order valence-electron chi connectivity index (χ1n) is 6.72. The van der Waals surface area contributed by atoms with Crippen LogP contribution in [0, 0.1) is 0 Å². The van der Waals surface area contributed by atoms with Crippen LogP contribution in [0.15, 0.2) is 23.0 Å². The molecule has 0 spiro atoms. The number of benzene rings is 1. The third kappa shape index (κ3) is 1.92. The van der Waals surface area contributed by atoms with Crippen molar-refractivity contribution in [2.75, 3.05) is 13.2 Å². The van der Waals surface area contributed by atoms with Crippen molar-refractivity contribution in [3.63, 3.8) is 0 Å². The Morgan fingerprint density at radius 3 is 3.05 bits per heavy atom. The molecule has 1 saturated heterocycles. The first kappa shape index (κ1) is 12.9. The molecule has 6 heteroatoms. The quantitative estimate of drug-likeness (QED) is 0.836. The molecule has 1 atom stereocenters. The lowest BCUT2D eigenvalue weighted by atomic mass is 10.1. The molecule has 20 heavy (non-hydrogen) atoms. The first-order valence-corrected chi connectivity index (χ1v) is 6.72. The second kappa shape index (κ2) is 4.79. The minimum Gasteiger partial charge on any atom is -0.394 e. The Hall–Kier alpha value is -2.08. The van der Waals surface area contributed by atoms with Crippen molar-refractivity contribution in [1.29, 1.82) is 0 Å². The summed E-state index contributed by atoms with van der Waals surface area (Å²) in [6.07, 6.45) is 1.76. The number of carbonyl (C=O) groups excluding carboxylic acids is 1. The monoisotopic (exact) mass is 275 g/mol. The molecule has 1 aliphatic rings. The Labute approximate surface area is 115 Å². The summed E-state index contributed by atoms with van der Waals surface area (Å²) in [4.78, 5) is 28.5. The van der Waals surface area contributed by atoms with Gasteiger partial charge in [-0.25, -0.2) is 4.79 Å². The third-order valence-electron chi connectivity index (χ3n) is 4.00. The number of nitrogens with zero attached hydrogens (tertiary/aromatic N) is 2. The number of aliphatic hydroxyl groups excluding tert-OH is 1. The number of rotatable bonds is 2. The molecule has 2 N–H and O–H groups in total. The summed E-state index contributed by atoms with van der Waals surface area (Å²) in [5, 5.41) is 9.30. The lowest BCUT2D eigenvalue weighted by Gasteiger charge is -2.23. The number of aliphatic hydroxyl groups is 1. The fraction of sp³-hybridized carbons (Fsp3) is 0.429. The number of fused-ring (bicyclic) bond motifs is 1. The van der Waals surface area contributed by atoms with Crippen LogP contribution >= 0.6 is 0 Å². The van der Waals surface area contributed by atoms with Crippen LogP contribution in [0.5, 0.6) is 0 Å². The SMILES string of the molecule is Cn1c(=O)[nH]c2cc(C(=O)N3CCC[C@@H]3CO)ccc21. The van der Waals surface area contributed by atoms with Crippen LogP contribution in [-0.4, -0.2) is 44.7 Å². The molecule has 1 aromatic carbocycles. The minimum atomic E-state index is -0.195. The van der Waals surface area contributed by atoms with Crippen LogP contribution in [0.1, 0.15) is 23.2 Å². The fourth-order valence-electron chi connectivity index (χ4n) is 2.83. The number of H-pyrrole nitrogens is 1. The second-order valence-corrected chi connectivity index (χ2v) is 5.20. The van der Waals surface area contributed by atoms with Crippen LogP contribution in [0.3, 0.4) is 0 Å². The van der Waals surface area contributed by atoms with Gasteiger partial charge in [-0.1, -0.05) is 0 Å². The van der Waals surface area contributed by atoms with Crippen molar-refractivity contribution in [3.05, 3.63) is 34.2 Å². The molecule has 0 radical (unpaired) electrons. The Morgan fingerprint density at radius 2 is 2.30 bits per heavy atom. The van der Waals surface area contributed by atoms with E-state index in [1.807, 2.05) is 0 Å². The zero-order chi connectivity index (χ0) is 14.3. The van der Waals surface area contributed by atoms with Gasteiger partial charge in [-0.05, 0) is 31.0 Å². The van der Waals surface area contributed by atoms with Gasteiger partial charge in [0.05, 0.1) is 23.7 Å². The van der Waals surface area contributed by atoms with Gasteiger partial charge in [0.15, 0.2) is 0 Å². The van der Waals surface area contributed by atoms with E-state index in [4.69, 9.17) is 0 Å². The number of aromatic nitrogens is 2. The van der Waals surface area contributed by atoms with Crippen molar-refractivity contribution >= 4 is 16.9 Å². The average molecular weight is 275 g/mol. The van der Waals surface area contributed by atoms with Crippen LogP contribution in [-0.2, 0) is 7.05 Å². The van der Waals surface area contributed by atoms with Crippen LogP contribution < -0.4 is 5.69 Å². The summed E-state index contributed by atoms with van der Waals surface area (Å²) in [7, 11) is 1.69. The molecule has 106 valence electrons. The maximum Gasteiger partial charge on any atom is 0.326 e. The number of hydrogen-bond acceptors (Lipinski definition) is 3. The van der Waals surface area contributed by atoms with Crippen molar-refractivity contribution in [3.8, 4) is 0 Å². The number of aryl methyl sites for hydroxylation is 1. The third-order valence-corrected chi connectivity index (χ3v) is 4.00. The number of carbonyl (C=O) groups is 1. The number of likely N-dealkylation sites (tertiary alicyclic amines) is 1. The van der Waals surface area contributed by atoms with Crippen molar-refractivity contribution < 1.29 is 9.90 Å². The molecule has 1 amide bonds. The van der Waals surface area contributed by atoms with Gasteiger partial charge in [-0.15, -0.1) is 0 Å². The second-order valence-electron chi connectivity index (χ2n) is 5.20. The zero-order valence-corrected chi connectivity index (χ0v) is 11.3. The molecule has 0 saturated carbocycles. The van der Waals surface area contributed by atoms with E-state index in [1.165, 1.54) is 4.57 Å². The van der Waals surface area contributed by atoms with E-state index in [2.05, 4.69) is 4.98 Å². The first-order chi connectivity index (χ1) is 9.61. The van der Waals surface area contributed by atoms with Crippen LogP contribution in [0.25, 0.3) is 11.0 Å². The van der Waals surface area contributed by atoms with Gasteiger partial charge in [-0.3, -0.25) is 9.36 Å². The lowest BCUT2D eigenvalue weighted by molar-refractivity contribution is 0.0678. The molecule has 6 nitrogen and oxygen atoms in total. The molecule has 3 rings (SSSR count). The van der Waals surface area contributed by atoms with Crippen molar-refractivity contribution in [2.24, 2.45) is 7.05 Å². The van der Waals surface area contributed by atoms with E-state index in [0.717, 1.165) is 18.4 Å². The molecular weight excluding hydrogens is 258 g/mol. The largest absolute Gasteiger partial charge is 0.394 e. The molecular formula is C14H17N3O3. The van der Waals surface area contributed by atoms with Gasteiger partial charge in [0.25, 0.3) is 5.91 Å². The Morgan fingerprint density at radius 1 is 1.50 bits per heavy atom. The molecule has 0 unspecified atom stereocenters.